The van der Waals surface area contributed by atoms with Crippen LogP contribution in [0.3, 0.4) is 0 Å². The summed E-state index contributed by atoms with van der Waals surface area (Å²) in [4.78, 5) is 22.0. The largest absolute Gasteiger partial charge is 0.390 e. The number of hydrogen-bond donors (Lipinski definition) is 2. The van der Waals surface area contributed by atoms with Crippen LogP contribution in [0.15, 0.2) is 22.4 Å². The van der Waals surface area contributed by atoms with Gasteiger partial charge < -0.3 is 15.5 Å². The number of nitrogens with zero attached hydrogens (tertiary/aromatic N) is 5. The second-order valence-electron chi connectivity index (χ2n) is 4.71. The number of hydrogen-bond acceptors (Lipinski definition) is 6. The van der Waals surface area contributed by atoms with Crippen LogP contribution >= 0.6 is 15.9 Å². The summed E-state index contributed by atoms with van der Waals surface area (Å²) in [5.41, 5.74) is 6.54. The molecule has 11 heteroatoms. The molecule has 2 N–H and O–H groups in total. The van der Waals surface area contributed by atoms with Gasteiger partial charge in [-0.25, -0.2) is 0 Å². The first-order valence-corrected chi connectivity index (χ1v) is 7.22. The molecule has 0 aliphatic rings. The van der Waals surface area contributed by atoms with E-state index in [1.165, 1.54) is 21.6 Å². The molecular formula is C12H14BrN7O3. The van der Waals surface area contributed by atoms with Crippen molar-refractivity contribution in [3.63, 3.8) is 0 Å². The van der Waals surface area contributed by atoms with E-state index in [2.05, 4.69) is 37.0 Å². The first-order chi connectivity index (χ1) is 10.8. The summed E-state index contributed by atoms with van der Waals surface area (Å²) in [6.07, 6.45) is 1.52. The molecule has 0 spiro atoms. The van der Waals surface area contributed by atoms with Gasteiger partial charge in [-0.05, 0) is 34.7 Å². The summed E-state index contributed by atoms with van der Waals surface area (Å²) >= 11 is 3.25. The predicted octanol–water partition coefficient (Wildman–Crippen LogP) is 1.35. The highest BCUT2D eigenvalue weighted by atomic mass is 79.9. The quantitative estimate of drug-likeness (QED) is 0.593. The smallest absolute Gasteiger partial charge is 0.358 e. The lowest BCUT2D eigenvalue weighted by atomic mass is 10.4. The van der Waals surface area contributed by atoms with Crippen LogP contribution in [-0.4, -0.2) is 30.4 Å². The average Bonchev–Trinajstić information content (AvgIpc) is 3.00. The Kier molecular flexibility index (Phi) is 4.79. The summed E-state index contributed by atoms with van der Waals surface area (Å²) < 4.78 is 3.54. The minimum Gasteiger partial charge on any atom is -0.358 e. The third-order valence-corrected chi connectivity index (χ3v) is 3.58. The summed E-state index contributed by atoms with van der Waals surface area (Å²) in [5, 5.41) is 18.5. The van der Waals surface area contributed by atoms with Crippen molar-refractivity contribution in [2.45, 2.75) is 13.8 Å². The van der Waals surface area contributed by atoms with Crippen molar-refractivity contribution in [1.29, 1.82) is 0 Å². The van der Waals surface area contributed by atoms with Crippen LogP contribution in [0.4, 0.5) is 5.82 Å². The van der Waals surface area contributed by atoms with Gasteiger partial charge in [0, 0.05) is 18.8 Å². The van der Waals surface area contributed by atoms with E-state index in [0.29, 0.717) is 16.0 Å². The summed E-state index contributed by atoms with van der Waals surface area (Å²) in [6.45, 7) is 3.37. The third kappa shape index (κ3) is 3.94. The van der Waals surface area contributed by atoms with Gasteiger partial charge in [-0.3, -0.25) is 14.9 Å². The number of carbonyl (C=O) groups is 1. The number of rotatable bonds is 5. The Morgan fingerprint density at radius 1 is 1.39 bits per heavy atom. The van der Waals surface area contributed by atoms with Crippen LogP contribution in [0.2, 0.25) is 0 Å². The van der Waals surface area contributed by atoms with Gasteiger partial charge in [0.1, 0.15) is 4.60 Å². The fourth-order valence-corrected chi connectivity index (χ4v) is 1.98. The molecule has 1 amide bonds. The van der Waals surface area contributed by atoms with Crippen molar-refractivity contribution < 1.29 is 9.72 Å². The zero-order valence-electron chi connectivity index (χ0n) is 12.6. The Bertz CT molecular complexity index is 773. The van der Waals surface area contributed by atoms with Gasteiger partial charge in [0.25, 0.3) is 5.91 Å². The first-order valence-electron chi connectivity index (χ1n) is 6.43. The number of aryl methyl sites for hydroxylation is 2. The van der Waals surface area contributed by atoms with Crippen LogP contribution in [0.5, 0.6) is 0 Å². The molecule has 2 aromatic heterocycles. The number of nitrogens with one attached hydrogen (secondary N) is 2. The molecule has 0 saturated carbocycles. The van der Waals surface area contributed by atoms with Crippen LogP contribution in [-0.2, 0) is 7.05 Å². The molecule has 10 nitrogen and oxygen atoms in total. The summed E-state index contributed by atoms with van der Waals surface area (Å²) in [5.74, 6) is -0.656. The standard InChI is InChI=1S/C12H14BrN7O3/c1-7(6-19-8(2)4-11(17-19)20(22)23)14-15-12(21)9-5-10(13)18(3)16-9/h4-6,14H,1-3H3,(H,15,21). The van der Waals surface area contributed by atoms with Crippen molar-refractivity contribution in [2.75, 3.05) is 0 Å². The number of allylic oxidation sites excluding steroid dienone is 1. The molecule has 2 heterocycles. The second-order valence-corrected chi connectivity index (χ2v) is 5.53. The zero-order chi connectivity index (χ0) is 17.1. The van der Waals surface area contributed by atoms with E-state index in [4.69, 9.17) is 0 Å². The molecule has 2 rings (SSSR count). The van der Waals surface area contributed by atoms with Gasteiger partial charge in [0.2, 0.25) is 0 Å². The van der Waals surface area contributed by atoms with Crippen LogP contribution in [0, 0.1) is 17.0 Å². The van der Waals surface area contributed by atoms with Gasteiger partial charge in [0.05, 0.1) is 23.1 Å². The van der Waals surface area contributed by atoms with E-state index >= 15 is 0 Å². The van der Waals surface area contributed by atoms with Gasteiger partial charge in [0.15, 0.2) is 5.69 Å². The molecule has 2 aromatic rings. The van der Waals surface area contributed by atoms with Crippen LogP contribution < -0.4 is 10.9 Å². The fraction of sp³-hybridized carbons (Fsp3) is 0.250. The Morgan fingerprint density at radius 2 is 2.09 bits per heavy atom. The monoisotopic (exact) mass is 383 g/mol. The molecule has 0 radical (unpaired) electrons. The van der Waals surface area contributed by atoms with E-state index in [1.807, 2.05) is 0 Å². The Balaban J connectivity index is 2.02. The molecule has 23 heavy (non-hydrogen) atoms. The van der Waals surface area contributed by atoms with Crippen LogP contribution in [0.1, 0.15) is 23.1 Å². The van der Waals surface area contributed by atoms with E-state index in [-0.39, 0.29) is 11.5 Å². The molecule has 122 valence electrons. The number of amides is 1. The van der Waals surface area contributed by atoms with Crippen molar-refractivity contribution in [3.05, 3.63) is 43.9 Å². The normalized spacial score (nSPS) is 11.4. The van der Waals surface area contributed by atoms with E-state index < -0.39 is 10.8 Å². The van der Waals surface area contributed by atoms with Gasteiger partial charge in [-0.2, -0.15) is 9.78 Å². The van der Waals surface area contributed by atoms with Crippen LogP contribution in [0.25, 0.3) is 6.20 Å². The maximum Gasteiger partial charge on any atom is 0.390 e. The Labute approximate surface area is 139 Å². The third-order valence-electron chi connectivity index (χ3n) is 2.84. The highest BCUT2D eigenvalue weighted by molar-refractivity contribution is 9.10. The van der Waals surface area contributed by atoms with E-state index in [9.17, 15) is 14.9 Å². The lowest BCUT2D eigenvalue weighted by molar-refractivity contribution is -0.389. The van der Waals surface area contributed by atoms with Crippen molar-refractivity contribution in [2.24, 2.45) is 7.05 Å². The first kappa shape index (κ1) is 16.7. The maximum absolute atomic E-state index is 11.9. The molecule has 0 aliphatic carbocycles. The predicted molar refractivity (Wildman–Crippen MR) is 85.1 cm³/mol. The lowest BCUT2D eigenvalue weighted by Gasteiger charge is -2.06. The van der Waals surface area contributed by atoms with E-state index in [1.54, 1.807) is 27.0 Å². The van der Waals surface area contributed by atoms with Gasteiger partial charge >= 0.3 is 5.82 Å². The highest BCUT2D eigenvalue weighted by Gasteiger charge is 2.14. The highest BCUT2D eigenvalue weighted by Crippen LogP contribution is 2.12. The molecule has 0 aromatic carbocycles. The van der Waals surface area contributed by atoms with E-state index in [0.717, 1.165) is 0 Å². The molecule has 0 unspecified atom stereocenters. The summed E-state index contributed by atoms with van der Waals surface area (Å²) in [7, 11) is 1.70. The maximum atomic E-state index is 11.9. The molecular weight excluding hydrogens is 370 g/mol. The Hall–Kier alpha value is -2.69. The number of nitro groups is 1. The fourth-order valence-electron chi connectivity index (χ4n) is 1.68. The molecule has 0 fully saturated rings. The zero-order valence-corrected chi connectivity index (χ0v) is 14.2. The van der Waals surface area contributed by atoms with Crippen molar-refractivity contribution in [3.8, 4) is 0 Å². The van der Waals surface area contributed by atoms with Gasteiger partial charge in [-0.1, -0.05) is 0 Å². The average molecular weight is 384 g/mol. The number of carbonyl (C=O) groups excluding carboxylic acids is 1. The molecule has 0 bridgehead atoms. The SMILES string of the molecule is CC(=Cn1nc([N+](=O)[O-])cc1C)NNC(=O)c1cc(Br)n(C)n1. The van der Waals surface area contributed by atoms with Gasteiger partial charge in [-0.15, -0.1) is 0 Å². The summed E-state index contributed by atoms with van der Waals surface area (Å²) in [6, 6.07) is 2.94. The molecule has 0 saturated heterocycles. The molecule has 0 aliphatic heterocycles. The number of halogens is 1. The Morgan fingerprint density at radius 3 is 2.61 bits per heavy atom. The topological polar surface area (TPSA) is 120 Å². The van der Waals surface area contributed by atoms with Crippen molar-refractivity contribution in [1.82, 2.24) is 30.4 Å². The molecule has 0 atom stereocenters. The lowest BCUT2D eigenvalue weighted by Crippen LogP contribution is -2.36. The minimum absolute atomic E-state index is 0.241. The van der Waals surface area contributed by atoms with Crippen molar-refractivity contribution >= 4 is 33.9 Å². The second kappa shape index (κ2) is 6.60. The number of hydrazine groups is 1. The number of aromatic nitrogens is 4. The minimum atomic E-state index is -0.569.